The van der Waals surface area contributed by atoms with Gasteiger partial charge in [-0.15, -0.1) is 11.3 Å². The van der Waals surface area contributed by atoms with E-state index in [1.54, 1.807) is 38.1 Å². The Morgan fingerprint density at radius 2 is 1.84 bits per heavy atom. The fourth-order valence-electron chi connectivity index (χ4n) is 2.97. The van der Waals surface area contributed by atoms with Gasteiger partial charge in [0.1, 0.15) is 5.00 Å². The van der Waals surface area contributed by atoms with Gasteiger partial charge in [0.05, 0.1) is 29.7 Å². The standard InChI is InChI=1S/C21H21N3O6S/c1-4-29-21(28)18-11(2)12(3)31-20(18)22-16(25)10-30-17(26)9-15-13-7-5-6-8-14(13)19(27)24-23-15/h5-8H,4,9-10H2,1-3H3,(H,22,25)(H,24,27). The molecule has 0 saturated carbocycles. The minimum Gasteiger partial charge on any atom is -0.462 e. The van der Waals surface area contributed by atoms with Gasteiger partial charge in [0.15, 0.2) is 6.61 Å². The number of anilines is 1. The second-order valence-corrected chi connectivity index (χ2v) is 7.86. The molecule has 0 spiro atoms. The lowest BCUT2D eigenvalue weighted by molar-refractivity contribution is -0.146. The fourth-order valence-corrected chi connectivity index (χ4v) is 4.03. The summed E-state index contributed by atoms with van der Waals surface area (Å²) in [5.41, 5.74) is 1.01. The number of esters is 2. The monoisotopic (exact) mass is 443 g/mol. The van der Waals surface area contributed by atoms with E-state index in [9.17, 15) is 19.2 Å². The van der Waals surface area contributed by atoms with Crippen LogP contribution >= 0.6 is 11.3 Å². The van der Waals surface area contributed by atoms with Gasteiger partial charge in [-0.25, -0.2) is 9.89 Å². The number of aryl methyl sites for hydroxylation is 1. The van der Waals surface area contributed by atoms with Gasteiger partial charge >= 0.3 is 11.9 Å². The van der Waals surface area contributed by atoms with E-state index in [0.717, 1.165) is 10.4 Å². The zero-order valence-electron chi connectivity index (χ0n) is 17.2. The smallest absolute Gasteiger partial charge is 0.341 e. The van der Waals surface area contributed by atoms with Crippen LogP contribution in [0.4, 0.5) is 5.00 Å². The minimum atomic E-state index is -0.677. The van der Waals surface area contributed by atoms with Crippen molar-refractivity contribution in [3.63, 3.8) is 0 Å². The highest BCUT2D eigenvalue weighted by Gasteiger charge is 2.22. The van der Waals surface area contributed by atoms with Crippen molar-refractivity contribution >= 4 is 45.0 Å². The number of ether oxygens (including phenoxy) is 2. The molecule has 2 heterocycles. The number of nitrogens with zero attached hydrogens (tertiary/aromatic N) is 1. The molecule has 10 heteroatoms. The summed E-state index contributed by atoms with van der Waals surface area (Å²) < 4.78 is 10.1. The van der Waals surface area contributed by atoms with E-state index in [1.165, 1.54) is 11.3 Å². The number of nitrogens with one attached hydrogen (secondary N) is 2. The average molecular weight is 443 g/mol. The lowest BCUT2D eigenvalue weighted by atomic mass is 10.1. The highest BCUT2D eigenvalue weighted by Crippen LogP contribution is 2.33. The SMILES string of the molecule is CCOC(=O)c1c(NC(=O)COC(=O)Cc2n[nH]c(=O)c3ccccc23)sc(C)c1C. The number of thiophene rings is 1. The normalized spacial score (nSPS) is 10.7. The van der Waals surface area contributed by atoms with Crippen LogP contribution in [0.15, 0.2) is 29.1 Å². The summed E-state index contributed by atoms with van der Waals surface area (Å²) in [6.45, 7) is 4.99. The lowest BCUT2D eigenvalue weighted by Gasteiger charge is -2.08. The molecule has 0 atom stereocenters. The van der Waals surface area contributed by atoms with E-state index < -0.39 is 24.5 Å². The van der Waals surface area contributed by atoms with Crippen LogP contribution in [0.5, 0.6) is 0 Å². The Balaban J connectivity index is 1.64. The maximum Gasteiger partial charge on any atom is 0.341 e. The number of H-pyrrole nitrogens is 1. The second-order valence-electron chi connectivity index (χ2n) is 6.64. The largest absolute Gasteiger partial charge is 0.462 e. The molecule has 3 aromatic rings. The third kappa shape index (κ3) is 4.97. The van der Waals surface area contributed by atoms with E-state index in [-0.39, 0.29) is 18.6 Å². The Hall–Kier alpha value is -3.53. The van der Waals surface area contributed by atoms with Gasteiger partial charge in [-0.2, -0.15) is 5.10 Å². The molecule has 0 aliphatic rings. The van der Waals surface area contributed by atoms with Crippen molar-refractivity contribution in [1.29, 1.82) is 0 Å². The van der Waals surface area contributed by atoms with Gasteiger partial charge < -0.3 is 14.8 Å². The van der Waals surface area contributed by atoms with E-state index in [4.69, 9.17) is 9.47 Å². The molecule has 0 fully saturated rings. The minimum absolute atomic E-state index is 0.212. The van der Waals surface area contributed by atoms with Gasteiger partial charge in [0.25, 0.3) is 11.5 Å². The Morgan fingerprint density at radius 3 is 2.55 bits per heavy atom. The number of carbonyl (C=O) groups excluding carboxylic acids is 3. The number of rotatable bonds is 7. The number of benzene rings is 1. The number of fused-ring (bicyclic) bond motifs is 1. The molecule has 162 valence electrons. The van der Waals surface area contributed by atoms with Crippen LogP contribution in [0.25, 0.3) is 10.8 Å². The highest BCUT2D eigenvalue weighted by molar-refractivity contribution is 7.16. The lowest BCUT2D eigenvalue weighted by Crippen LogP contribution is -2.23. The molecule has 2 aromatic heterocycles. The number of aromatic nitrogens is 2. The quantitative estimate of drug-likeness (QED) is 0.537. The Kier molecular flexibility index (Phi) is 6.81. The zero-order valence-corrected chi connectivity index (χ0v) is 18.1. The maximum absolute atomic E-state index is 12.3. The summed E-state index contributed by atoms with van der Waals surface area (Å²) in [5, 5.41) is 10.2. The van der Waals surface area contributed by atoms with Crippen LogP contribution in [0.1, 0.15) is 33.4 Å². The third-order valence-electron chi connectivity index (χ3n) is 4.57. The Morgan fingerprint density at radius 1 is 1.13 bits per heavy atom. The van der Waals surface area contributed by atoms with Crippen LogP contribution in [0.3, 0.4) is 0 Å². The first-order valence-corrected chi connectivity index (χ1v) is 10.3. The van der Waals surface area contributed by atoms with Gasteiger partial charge in [0, 0.05) is 10.3 Å². The molecule has 0 aliphatic carbocycles. The predicted octanol–water partition coefficient (Wildman–Crippen LogP) is 2.50. The topological polar surface area (TPSA) is 127 Å². The van der Waals surface area contributed by atoms with Crippen LogP contribution < -0.4 is 10.9 Å². The molecule has 1 aromatic carbocycles. The third-order valence-corrected chi connectivity index (χ3v) is 5.69. The van der Waals surface area contributed by atoms with Crippen molar-refractivity contribution in [3.05, 3.63) is 56.3 Å². The van der Waals surface area contributed by atoms with Gasteiger partial charge in [-0.1, -0.05) is 18.2 Å². The van der Waals surface area contributed by atoms with Crippen molar-refractivity contribution in [3.8, 4) is 0 Å². The first-order chi connectivity index (χ1) is 14.8. The van der Waals surface area contributed by atoms with Gasteiger partial charge in [0.2, 0.25) is 0 Å². The molecule has 3 rings (SSSR count). The molecule has 0 radical (unpaired) electrons. The van der Waals surface area contributed by atoms with E-state index in [2.05, 4.69) is 15.5 Å². The Labute approximate surface area is 181 Å². The average Bonchev–Trinajstić information content (AvgIpc) is 3.02. The van der Waals surface area contributed by atoms with Crippen LogP contribution in [-0.2, 0) is 25.5 Å². The molecule has 0 saturated heterocycles. The van der Waals surface area contributed by atoms with Crippen molar-refractivity contribution in [2.24, 2.45) is 0 Å². The summed E-state index contributed by atoms with van der Waals surface area (Å²) in [5.74, 6) is -1.78. The number of hydrogen-bond donors (Lipinski definition) is 2. The first-order valence-electron chi connectivity index (χ1n) is 9.50. The second kappa shape index (κ2) is 9.52. The number of amides is 1. The van der Waals surface area contributed by atoms with Crippen LogP contribution in [0.2, 0.25) is 0 Å². The molecular weight excluding hydrogens is 422 g/mol. The molecule has 0 aliphatic heterocycles. The molecule has 0 unspecified atom stereocenters. The predicted molar refractivity (Wildman–Crippen MR) is 115 cm³/mol. The molecule has 1 amide bonds. The Bertz CT molecular complexity index is 1210. The van der Waals surface area contributed by atoms with Crippen molar-refractivity contribution in [2.45, 2.75) is 27.2 Å². The first kappa shape index (κ1) is 22.2. The summed E-state index contributed by atoms with van der Waals surface area (Å²) in [4.78, 5) is 49.4. The van der Waals surface area contributed by atoms with E-state index >= 15 is 0 Å². The number of carbonyl (C=O) groups is 3. The molecule has 0 bridgehead atoms. The number of hydrogen-bond acceptors (Lipinski definition) is 8. The van der Waals surface area contributed by atoms with Crippen LogP contribution in [0, 0.1) is 13.8 Å². The molecular formula is C21H21N3O6S. The summed E-state index contributed by atoms with van der Waals surface area (Å²) in [7, 11) is 0. The summed E-state index contributed by atoms with van der Waals surface area (Å²) >= 11 is 1.25. The number of aromatic amines is 1. The molecule has 31 heavy (non-hydrogen) atoms. The summed E-state index contributed by atoms with van der Waals surface area (Å²) in [6, 6.07) is 6.76. The van der Waals surface area contributed by atoms with Crippen molar-refractivity contribution in [2.75, 3.05) is 18.5 Å². The highest BCUT2D eigenvalue weighted by atomic mass is 32.1. The fraction of sp³-hybridized carbons (Fsp3) is 0.286. The summed E-state index contributed by atoms with van der Waals surface area (Å²) in [6.07, 6.45) is -0.212. The maximum atomic E-state index is 12.3. The van der Waals surface area contributed by atoms with E-state index in [1.807, 2.05) is 6.92 Å². The van der Waals surface area contributed by atoms with Crippen molar-refractivity contribution in [1.82, 2.24) is 10.2 Å². The van der Waals surface area contributed by atoms with Gasteiger partial charge in [-0.05, 0) is 32.4 Å². The van der Waals surface area contributed by atoms with Gasteiger partial charge in [-0.3, -0.25) is 14.4 Å². The molecule has 2 N–H and O–H groups in total. The van der Waals surface area contributed by atoms with Crippen molar-refractivity contribution < 1.29 is 23.9 Å². The molecule has 9 nitrogen and oxygen atoms in total. The van der Waals surface area contributed by atoms with Crippen LogP contribution in [-0.4, -0.2) is 41.3 Å². The zero-order chi connectivity index (χ0) is 22.5. The van der Waals surface area contributed by atoms with E-state index in [0.29, 0.717) is 27.0 Å².